The third kappa shape index (κ3) is 4.10. The van der Waals surface area contributed by atoms with Gasteiger partial charge < -0.3 is 9.64 Å². The summed E-state index contributed by atoms with van der Waals surface area (Å²) in [5.74, 6) is 0.194. The highest BCUT2D eigenvalue weighted by molar-refractivity contribution is 5.99. The first-order valence-electron chi connectivity index (χ1n) is 11.1. The smallest absolute Gasteiger partial charge is 0.417 e. The molecule has 3 unspecified atom stereocenters. The highest BCUT2D eigenvalue weighted by Crippen LogP contribution is 2.41. The van der Waals surface area contributed by atoms with Gasteiger partial charge in [0, 0.05) is 36.3 Å². The molecule has 5 rings (SSSR count). The normalized spacial score (nSPS) is 21.7. The molecule has 3 aromatic heterocycles. The molecule has 4 heterocycles. The Balaban J connectivity index is 1.39. The van der Waals surface area contributed by atoms with Crippen LogP contribution < -0.4 is 4.74 Å². The van der Waals surface area contributed by atoms with Crippen LogP contribution in [0.4, 0.5) is 13.2 Å². The molecule has 2 aliphatic rings. The monoisotopic (exact) mass is 468 g/mol. The largest absolute Gasteiger partial charge is 0.472 e. The first-order valence-corrected chi connectivity index (χ1v) is 11.1. The number of rotatable bonds is 4. The van der Waals surface area contributed by atoms with Crippen LogP contribution in [0.25, 0.3) is 11.3 Å². The molecule has 0 N–H and O–H groups in total. The van der Waals surface area contributed by atoms with E-state index in [1.165, 1.54) is 6.07 Å². The molecule has 3 aromatic rings. The van der Waals surface area contributed by atoms with Gasteiger partial charge in [-0.25, -0.2) is 9.97 Å². The van der Waals surface area contributed by atoms with Gasteiger partial charge in [0.2, 0.25) is 5.88 Å². The summed E-state index contributed by atoms with van der Waals surface area (Å²) in [4.78, 5) is 28.3. The molecular formula is C25H23F3N4O2. The number of aryl methyl sites for hydroxylation is 2. The topological polar surface area (TPSA) is 68.2 Å². The summed E-state index contributed by atoms with van der Waals surface area (Å²) in [6.07, 6.45) is -0.827. The van der Waals surface area contributed by atoms with Crippen LogP contribution in [0.15, 0.2) is 48.8 Å². The molecule has 1 amide bonds. The first kappa shape index (κ1) is 22.3. The fourth-order valence-electron chi connectivity index (χ4n) is 4.91. The van der Waals surface area contributed by atoms with E-state index >= 15 is 0 Å². The minimum Gasteiger partial charge on any atom is -0.472 e. The second-order valence-corrected chi connectivity index (χ2v) is 8.92. The molecule has 1 saturated carbocycles. The van der Waals surface area contributed by atoms with Gasteiger partial charge in [-0.2, -0.15) is 13.2 Å². The van der Waals surface area contributed by atoms with Crippen molar-refractivity contribution in [1.29, 1.82) is 0 Å². The second-order valence-electron chi connectivity index (χ2n) is 8.92. The Morgan fingerprint density at radius 2 is 1.91 bits per heavy atom. The van der Waals surface area contributed by atoms with Crippen molar-refractivity contribution in [2.45, 2.75) is 45.0 Å². The van der Waals surface area contributed by atoms with E-state index in [9.17, 15) is 18.0 Å². The number of likely N-dealkylation sites (tertiary alicyclic amines) is 1. The van der Waals surface area contributed by atoms with Crippen molar-refractivity contribution in [2.75, 3.05) is 6.54 Å². The molecule has 2 fully saturated rings. The summed E-state index contributed by atoms with van der Waals surface area (Å²) in [5, 5.41) is 0. The van der Waals surface area contributed by atoms with E-state index in [1.54, 1.807) is 11.1 Å². The maximum Gasteiger partial charge on any atom is 0.417 e. The van der Waals surface area contributed by atoms with E-state index in [1.807, 2.05) is 38.1 Å². The lowest BCUT2D eigenvalue weighted by atomic mass is 10.0. The molecule has 176 valence electrons. The number of pyridine rings is 3. The van der Waals surface area contributed by atoms with Gasteiger partial charge in [0.05, 0.1) is 17.3 Å². The summed E-state index contributed by atoms with van der Waals surface area (Å²) >= 11 is 0. The number of fused-ring (bicyclic) bond motifs is 2. The van der Waals surface area contributed by atoms with Crippen molar-refractivity contribution in [2.24, 2.45) is 5.92 Å². The Hall–Kier alpha value is -3.49. The van der Waals surface area contributed by atoms with E-state index in [-0.39, 0.29) is 29.9 Å². The van der Waals surface area contributed by atoms with Crippen molar-refractivity contribution in [1.82, 2.24) is 19.9 Å². The molecule has 0 radical (unpaired) electrons. The number of alkyl halides is 3. The number of carbonyl (C=O) groups excluding carboxylic acids is 1. The molecule has 3 atom stereocenters. The SMILES string of the molecule is Cc1ccc(-c2ncccc2C)c(C(=O)N2CC3CC(Oc4ccc(C(F)(F)F)cn4)C2C3)n1. The van der Waals surface area contributed by atoms with Gasteiger partial charge in [-0.1, -0.05) is 6.07 Å². The van der Waals surface area contributed by atoms with Crippen LogP contribution in [-0.2, 0) is 6.18 Å². The molecule has 1 aliphatic carbocycles. The van der Waals surface area contributed by atoms with E-state index in [0.29, 0.717) is 23.5 Å². The van der Waals surface area contributed by atoms with E-state index < -0.39 is 11.7 Å². The van der Waals surface area contributed by atoms with Crippen LogP contribution >= 0.6 is 0 Å². The number of nitrogens with zero attached hydrogens (tertiary/aromatic N) is 4. The van der Waals surface area contributed by atoms with Crippen molar-refractivity contribution in [3.05, 3.63) is 71.3 Å². The van der Waals surface area contributed by atoms with E-state index in [0.717, 1.165) is 36.4 Å². The fraction of sp³-hybridized carbons (Fsp3) is 0.360. The summed E-state index contributed by atoms with van der Waals surface area (Å²) < 4.78 is 44.4. The standard InChI is InChI=1S/C25H23F3N4O2/c1-14-4-3-9-29-22(14)18-7-5-15(2)31-23(18)24(33)32-13-16-10-19(32)20(11-16)34-21-8-6-17(12-30-21)25(26,27)28/h3-9,12,16,19-20H,10-11,13H2,1-2H3. The summed E-state index contributed by atoms with van der Waals surface area (Å²) in [6.45, 7) is 4.37. The third-order valence-electron chi connectivity index (χ3n) is 6.52. The van der Waals surface area contributed by atoms with Crippen LogP contribution in [-0.4, -0.2) is 44.4 Å². The van der Waals surface area contributed by atoms with Gasteiger partial charge >= 0.3 is 6.18 Å². The highest BCUT2D eigenvalue weighted by Gasteiger charge is 2.49. The predicted molar refractivity (Wildman–Crippen MR) is 118 cm³/mol. The summed E-state index contributed by atoms with van der Waals surface area (Å²) in [7, 11) is 0. The first-order chi connectivity index (χ1) is 16.2. The number of ether oxygens (including phenoxy) is 1. The van der Waals surface area contributed by atoms with Crippen molar-refractivity contribution < 1.29 is 22.7 Å². The van der Waals surface area contributed by atoms with Crippen molar-refractivity contribution in [3.8, 4) is 17.1 Å². The Morgan fingerprint density at radius 3 is 2.59 bits per heavy atom. The average Bonchev–Trinajstić information content (AvgIpc) is 3.40. The van der Waals surface area contributed by atoms with Gasteiger partial charge in [0.15, 0.2) is 0 Å². The Bertz CT molecular complexity index is 1230. The lowest BCUT2D eigenvalue weighted by molar-refractivity contribution is -0.137. The van der Waals surface area contributed by atoms with Gasteiger partial charge in [-0.15, -0.1) is 0 Å². The maximum atomic E-state index is 13.7. The van der Waals surface area contributed by atoms with Crippen LogP contribution in [0.5, 0.6) is 5.88 Å². The molecule has 9 heteroatoms. The van der Waals surface area contributed by atoms with Crippen LogP contribution in [0, 0.1) is 19.8 Å². The van der Waals surface area contributed by atoms with E-state index in [4.69, 9.17) is 4.74 Å². The Kier molecular flexibility index (Phi) is 5.50. The predicted octanol–water partition coefficient (Wildman–Crippen LogP) is 4.86. The number of amides is 1. The number of halogens is 3. The van der Waals surface area contributed by atoms with Gasteiger partial charge in [-0.05, 0) is 62.4 Å². The third-order valence-corrected chi connectivity index (χ3v) is 6.52. The zero-order valence-corrected chi connectivity index (χ0v) is 18.7. The number of hydrogen-bond acceptors (Lipinski definition) is 5. The molecule has 6 nitrogen and oxygen atoms in total. The van der Waals surface area contributed by atoms with Crippen molar-refractivity contribution >= 4 is 5.91 Å². The van der Waals surface area contributed by atoms with Crippen LogP contribution in [0.3, 0.4) is 0 Å². The second kappa shape index (κ2) is 8.38. The van der Waals surface area contributed by atoms with Gasteiger partial charge in [0.25, 0.3) is 5.91 Å². The lowest BCUT2D eigenvalue weighted by Crippen LogP contribution is -2.47. The van der Waals surface area contributed by atoms with Gasteiger partial charge in [-0.3, -0.25) is 9.78 Å². The number of piperidine rings is 1. The summed E-state index contributed by atoms with van der Waals surface area (Å²) in [5.41, 5.74) is 2.59. The van der Waals surface area contributed by atoms with Crippen LogP contribution in [0.1, 0.15) is 40.2 Å². The molecule has 1 saturated heterocycles. The number of carbonyl (C=O) groups is 1. The lowest BCUT2D eigenvalue weighted by Gasteiger charge is -2.33. The Morgan fingerprint density at radius 1 is 1.09 bits per heavy atom. The molecule has 0 aromatic carbocycles. The minimum absolute atomic E-state index is 0.122. The van der Waals surface area contributed by atoms with Gasteiger partial charge in [0.1, 0.15) is 11.8 Å². The highest BCUT2D eigenvalue weighted by atomic mass is 19.4. The quantitative estimate of drug-likeness (QED) is 0.547. The fourth-order valence-corrected chi connectivity index (χ4v) is 4.91. The maximum absolute atomic E-state index is 13.7. The zero-order valence-electron chi connectivity index (χ0n) is 18.7. The number of aromatic nitrogens is 3. The van der Waals surface area contributed by atoms with E-state index in [2.05, 4.69) is 15.0 Å². The minimum atomic E-state index is -4.45. The average molecular weight is 468 g/mol. The molecule has 2 bridgehead atoms. The molecule has 34 heavy (non-hydrogen) atoms. The molecule has 0 spiro atoms. The molecule has 1 aliphatic heterocycles. The van der Waals surface area contributed by atoms with Crippen LogP contribution in [0.2, 0.25) is 0 Å². The molecular weight excluding hydrogens is 445 g/mol. The zero-order chi connectivity index (χ0) is 24.0. The Labute approximate surface area is 194 Å². The van der Waals surface area contributed by atoms with Crippen molar-refractivity contribution in [3.63, 3.8) is 0 Å². The summed E-state index contributed by atoms with van der Waals surface area (Å²) in [6, 6.07) is 9.51. The number of hydrogen-bond donors (Lipinski definition) is 0.